The predicted octanol–water partition coefficient (Wildman–Crippen LogP) is 0.328. The lowest BCUT2D eigenvalue weighted by molar-refractivity contribution is -0.142. The van der Waals surface area contributed by atoms with Crippen molar-refractivity contribution in [3.05, 3.63) is 0 Å². The Kier molecular flexibility index (Phi) is 4.12. The maximum atomic E-state index is 11.5. The summed E-state index contributed by atoms with van der Waals surface area (Å²) in [6.07, 6.45) is 1.77. The smallest absolute Gasteiger partial charge is 0.328 e. The third-order valence-corrected chi connectivity index (χ3v) is 2.46. The zero-order chi connectivity index (χ0) is 12.2. The lowest BCUT2D eigenvalue weighted by Crippen LogP contribution is -2.55. The Morgan fingerprint density at radius 3 is 2.62 bits per heavy atom. The van der Waals surface area contributed by atoms with E-state index in [1.54, 1.807) is 0 Å². The Morgan fingerprint density at radius 2 is 2.12 bits per heavy atom. The highest BCUT2D eigenvalue weighted by atomic mass is 16.5. The largest absolute Gasteiger partial charge is 0.480 e. The number of hydrogen-bond acceptors (Lipinski definition) is 3. The van der Waals surface area contributed by atoms with Crippen LogP contribution in [0.1, 0.15) is 26.7 Å². The van der Waals surface area contributed by atoms with Gasteiger partial charge < -0.3 is 20.5 Å². The Balaban J connectivity index is 2.37. The molecule has 0 bridgehead atoms. The van der Waals surface area contributed by atoms with Crippen molar-refractivity contribution in [2.24, 2.45) is 0 Å². The molecule has 1 atom stereocenters. The van der Waals surface area contributed by atoms with Crippen molar-refractivity contribution in [3.8, 4) is 0 Å². The summed E-state index contributed by atoms with van der Waals surface area (Å²) < 4.78 is 5.20. The minimum absolute atomic E-state index is 0.0293. The molecular formula is C10H18N2O4. The van der Waals surface area contributed by atoms with Crippen LogP contribution >= 0.6 is 0 Å². The first-order valence-corrected chi connectivity index (χ1v) is 5.31. The lowest BCUT2D eigenvalue weighted by atomic mass is 10.1. The Bertz CT molecular complexity index is 272. The quantitative estimate of drug-likeness (QED) is 0.652. The van der Waals surface area contributed by atoms with Crippen molar-refractivity contribution in [1.82, 2.24) is 10.6 Å². The number of aliphatic carboxylic acids is 1. The summed E-state index contributed by atoms with van der Waals surface area (Å²) in [4.78, 5) is 22.3. The van der Waals surface area contributed by atoms with Crippen LogP contribution in [0.2, 0.25) is 0 Å². The number of carboxylic acid groups (broad SMARTS) is 1. The minimum Gasteiger partial charge on any atom is -0.480 e. The second-order valence-corrected chi connectivity index (χ2v) is 4.44. The summed E-state index contributed by atoms with van der Waals surface area (Å²) in [5.74, 6) is -1.07. The Labute approximate surface area is 94.3 Å². The molecular weight excluding hydrogens is 212 g/mol. The Hall–Kier alpha value is -1.30. The van der Waals surface area contributed by atoms with Crippen LogP contribution in [-0.4, -0.2) is 41.9 Å². The molecule has 1 saturated heterocycles. The van der Waals surface area contributed by atoms with Crippen LogP contribution in [-0.2, 0) is 9.53 Å². The summed E-state index contributed by atoms with van der Waals surface area (Å²) in [6, 6.07) is -0.499. The highest BCUT2D eigenvalue weighted by molar-refractivity contribution is 5.85. The summed E-state index contributed by atoms with van der Waals surface area (Å²) >= 11 is 0. The number of ether oxygens (including phenoxy) is 1. The van der Waals surface area contributed by atoms with Crippen LogP contribution in [0.15, 0.2) is 0 Å². The van der Waals surface area contributed by atoms with Crippen molar-refractivity contribution >= 4 is 12.0 Å². The molecule has 1 rings (SSSR count). The molecule has 1 aliphatic heterocycles. The van der Waals surface area contributed by atoms with Crippen LogP contribution < -0.4 is 10.6 Å². The van der Waals surface area contributed by atoms with Gasteiger partial charge in [0.05, 0.1) is 12.6 Å². The maximum absolute atomic E-state index is 11.5. The molecule has 6 nitrogen and oxygen atoms in total. The molecule has 1 aliphatic rings. The molecule has 16 heavy (non-hydrogen) atoms. The third kappa shape index (κ3) is 3.69. The molecule has 6 heteroatoms. The molecule has 1 fully saturated rings. The molecule has 0 aromatic heterocycles. The van der Waals surface area contributed by atoms with Gasteiger partial charge in [0, 0.05) is 6.61 Å². The van der Waals surface area contributed by atoms with Gasteiger partial charge in [0.25, 0.3) is 0 Å². The fraction of sp³-hybridized carbons (Fsp3) is 0.800. The first-order valence-electron chi connectivity index (χ1n) is 5.31. The number of hydrogen-bond donors (Lipinski definition) is 3. The van der Waals surface area contributed by atoms with E-state index >= 15 is 0 Å². The van der Waals surface area contributed by atoms with Gasteiger partial charge in [-0.3, -0.25) is 0 Å². The number of carbonyl (C=O) groups is 2. The Morgan fingerprint density at radius 1 is 1.44 bits per heavy atom. The van der Waals surface area contributed by atoms with Gasteiger partial charge in [-0.1, -0.05) is 0 Å². The van der Waals surface area contributed by atoms with E-state index in [-0.39, 0.29) is 6.04 Å². The normalized spacial score (nSPS) is 21.2. The molecule has 0 aliphatic carbocycles. The lowest BCUT2D eigenvalue weighted by Gasteiger charge is -2.26. The zero-order valence-electron chi connectivity index (χ0n) is 9.58. The number of amides is 2. The van der Waals surface area contributed by atoms with Crippen molar-refractivity contribution in [1.29, 1.82) is 0 Å². The molecule has 1 heterocycles. The first-order chi connectivity index (χ1) is 7.42. The zero-order valence-corrected chi connectivity index (χ0v) is 9.58. The highest BCUT2D eigenvalue weighted by Crippen LogP contribution is 2.06. The minimum atomic E-state index is -1.26. The summed E-state index contributed by atoms with van der Waals surface area (Å²) in [5, 5.41) is 13.9. The average molecular weight is 230 g/mol. The van der Waals surface area contributed by atoms with Gasteiger partial charge in [-0.15, -0.1) is 0 Å². The van der Waals surface area contributed by atoms with E-state index in [1.807, 2.05) is 0 Å². The number of carbonyl (C=O) groups excluding carboxylic acids is 1. The van der Waals surface area contributed by atoms with Gasteiger partial charge in [0.15, 0.2) is 0 Å². The van der Waals surface area contributed by atoms with Crippen LogP contribution in [0, 0.1) is 0 Å². The fourth-order valence-corrected chi connectivity index (χ4v) is 1.41. The fourth-order valence-electron chi connectivity index (χ4n) is 1.41. The van der Waals surface area contributed by atoms with E-state index in [9.17, 15) is 9.59 Å². The molecule has 0 aromatic rings. The van der Waals surface area contributed by atoms with Crippen molar-refractivity contribution in [2.75, 3.05) is 13.2 Å². The standard InChI is InChI=1S/C10H18N2O4/c1-10(2,8(13)14)12-9(15)11-7-4-3-5-16-6-7/h7H,3-6H2,1-2H3,(H,13,14)(H2,11,12,15). The van der Waals surface area contributed by atoms with E-state index in [4.69, 9.17) is 9.84 Å². The average Bonchev–Trinajstić information content (AvgIpc) is 2.17. The number of rotatable bonds is 3. The highest BCUT2D eigenvalue weighted by Gasteiger charge is 2.29. The number of carboxylic acids is 1. The molecule has 1 unspecified atom stereocenters. The molecule has 2 amide bonds. The van der Waals surface area contributed by atoms with Crippen molar-refractivity contribution in [2.45, 2.75) is 38.3 Å². The predicted molar refractivity (Wildman–Crippen MR) is 57.2 cm³/mol. The molecule has 0 radical (unpaired) electrons. The van der Waals surface area contributed by atoms with Crippen molar-refractivity contribution in [3.63, 3.8) is 0 Å². The molecule has 0 spiro atoms. The SMILES string of the molecule is CC(C)(NC(=O)NC1CCCOC1)C(=O)O. The third-order valence-electron chi connectivity index (χ3n) is 2.46. The summed E-state index contributed by atoms with van der Waals surface area (Å²) in [5.41, 5.74) is -1.26. The molecule has 92 valence electrons. The van der Waals surface area contributed by atoms with E-state index < -0.39 is 17.5 Å². The van der Waals surface area contributed by atoms with E-state index in [2.05, 4.69) is 10.6 Å². The molecule has 0 saturated carbocycles. The van der Waals surface area contributed by atoms with Gasteiger partial charge in [-0.05, 0) is 26.7 Å². The second-order valence-electron chi connectivity index (χ2n) is 4.44. The second kappa shape index (κ2) is 5.16. The topological polar surface area (TPSA) is 87.7 Å². The maximum Gasteiger partial charge on any atom is 0.328 e. The van der Waals surface area contributed by atoms with Crippen LogP contribution in [0.5, 0.6) is 0 Å². The molecule has 3 N–H and O–H groups in total. The van der Waals surface area contributed by atoms with Gasteiger partial charge in [0.1, 0.15) is 5.54 Å². The van der Waals surface area contributed by atoms with Gasteiger partial charge in [-0.2, -0.15) is 0 Å². The molecule has 0 aromatic carbocycles. The van der Waals surface area contributed by atoms with Crippen LogP contribution in [0.3, 0.4) is 0 Å². The summed E-state index contributed by atoms with van der Waals surface area (Å²) in [6.45, 7) is 4.08. The number of nitrogens with one attached hydrogen (secondary N) is 2. The van der Waals surface area contributed by atoms with E-state index in [0.717, 1.165) is 19.4 Å². The van der Waals surface area contributed by atoms with E-state index in [0.29, 0.717) is 6.61 Å². The van der Waals surface area contributed by atoms with Crippen LogP contribution in [0.25, 0.3) is 0 Å². The van der Waals surface area contributed by atoms with Gasteiger partial charge in [0.2, 0.25) is 0 Å². The van der Waals surface area contributed by atoms with Gasteiger partial charge >= 0.3 is 12.0 Å². The van der Waals surface area contributed by atoms with Crippen LogP contribution in [0.4, 0.5) is 4.79 Å². The summed E-state index contributed by atoms with van der Waals surface area (Å²) in [7, 11) is 0. The van der Waals surface area contributed by atoms with Gasteiger partial charge in [-0.25, -0.2) is 9.59 Å². The first kappa shape index (κ1) is 12.8. The monoisotopic (exact) mass is 230 g/mol. The van der Waals surface area contributed by atoms with Crippen molar-refractivity contribution < 1.29 is 19.4 Å². The number of urea groups is 1. The van der Waals surface area contributed by atoms with E-state index in [1.165, 1.54) is 13.8 Å².